The molecule has 2 aliphatic rings. The summed E-state index contributed by atoms with van der Waals surface area (Å²) in [5, 5.41) is 13.0. The lowest BCUT2D eigenvalue weighted by molar-refractivity contribution is -0.138. The Morgan fingerprint density at radius 1 is 0.918 bits per heavy atom. The number of nitrogens with zero attached hydrogens (tertiary/aromatic N) is 4. The van der Waals surface area contributed by atoms with E-state index in [1.165, 1.54) is 4.68 Å². The predicted octanol–water partition coefficient (Wildman–Crippen LogP) is 3.53. The number of amides is 4. The van der Waals surface area contributed by atoms with E-state index < -0.39 is 12.1 Å². The molecule has 0 spiro atoms. The van der Waals surface area contributed by atoms with Gasteiger partial charge < -0.3 is 25.6 Å². The summed E-state index contributed by atoms with van der Waals surface area (Å²) in [5.41, 5.74) is 2.95. The van der Waals surface area contributed by atoms with Crippen LogP contribution >= 0.6 is 0 Å². The van der Waals surface area contributed by atoms with E-state index >= 15 is 0 Å². The van der Waals surface area contributed by atoms with Gasteiger partial charge in [-0.25, -0.2) is 0 Å². The van der Waals surface area contributed by atoms with Gasteiger partial charge in [0.25, 0.3) is 5.91 Å². The van der Waals surface area contributed by atoms with Gasteiger partial charge in [-0.15, -0.1) is 0 Å². The second-order valence-electron chi connectivity index (χ2n) is 13.0. The highest BCUT2D eigenvalue weighted by molar-refractivity contribution is 6.00. The largest absolute Gasteiger partial charge is 0.496 e. The van der Waals surface area contributed by atoms with Crippen molar-refractivity contribution in [3.05, 3.63) is 77.6 Å². The van der Waals surface area contributed by atoms with Crippen molar-refractivity contribution in [3.63, 3.8) is 0 Å². The molecular weight excluding hydrogens is 622 g/mol. The number of hydrogen-bond donors (Lipinski definition) is 3. The normalized spacial score (nSPS) is 16.8. The molecule has 5 rings (SSSR count). The molecule has 262 valence electrons. The van der Waals surface area contributed by atoms with Crippen LogP contribution in [0.15, 0.2) is 60.8 Å². The molecule has 0 bridgehead atoms. The number of para-hydroxylation sites is 1. The van der Waals surface area contributed by atoms with Gasteiger partial charge in [0.1, 0.15) is 23.5 Å². The molecule has 12 nitrogen and oxygen atoms in total. The first-order chi connectivity index (χ1) is 23.7. The number of carbonyl (C=O) groups is 4. The average molecular weight is 672 g/mol. The van der Waals surface area contributed by atoms with Gasteiger partial charge in [-0.05, 0) is 48.6 Å². The van der Waals surface area contributed by atoms with E-state index in [9.17, 15) is 19.2 Å². The molecule has 2 unspecified atom stereocenters. The Balaban J connectivity index is 1.20. The van der Waals surface area contributed by atoms with Gasteiger partial charge in [-0.2, -0.15) is 5.10 Å². The maximum atomic E-state index is 13.7. The molecule has 4 amide bonds. The van der Waals surface area contributed by atoms with Crippen molar-refractivity contribution in [2.45, 2.75) is 70.5 Å². The predicted molar refractivity (Wildman–Crippen MR) is 187 cm³/mol. The third-order valence-corrected chi connectivity index (χ3v) is 9.63. The summed E-state index contributed by atoms with van der Waals surface area (Å²) in [6.45, 7) is 5.08. The molecule has 2 atom stereocenters. The average Bonchev–Trinajstić information content (AvgIpc) is 3.57. The van der Waals surface area contributed by atoms with E-state index in [2.05, 4.69) is 32.0 Å². The molecule has 1 aliphatic heterocycles. The third kappa shape index (κ3) is 9.47. The van der Waals surface area contributed by atoms with Crippen molar-refractivity contribution in [1.82, 2.24) is 30.2 Å². The van der Waals surface area contributed by atoms with Gasteiger partial charge >= 0.3 is 0 Å². The number of methoxy groups -OCH3 is 1. The zero-order valence-corrected chi connectivity index (χ0v) is 28.8. The molecule has 2 fully saturated rings. The van der Waals surface area contributed by atoms with Crippen molar-refractivity contribution in [3.8, 4) is 5.75 Å². The Morgan fingerprint density at radius 2 is 1.63 bits per heavy atom. The Morgan fingerprint density at radius 3 is 2.29 bits per heavy atom. The molecule has 3 aromatic rings. The molecule has 1 aromatic heterocycles. The molecule has 2 heterocycles. The minimum Gasteiger partial charge on any atom is -0.496 e. The topological polar surface area (TPSA) is 138 Å². The summed E-state index contributed by atoms with van der Waals surface area (Å²) in [4.78, 5) is 57.0. The Labute approximate surface area is 288 Å². The van der Waals surface area contributed by atoms with Crippen molar-refractivity contribution < 1.29 is 23.9 Å². The number of anilines is 1. The first kappa shape index (κ1) is 35.6. The van der Waals surface area contributed by atoms with Gasteiger partial charge in [0, 0.05) is 70.1 Å². The van der Waals surface area contributed by atoms with Crippen LogP contribution in [-0.4, -0.2) is 88.6 Å². The quantitative estimate of drug-likeness (QED) is 0.253. The van der Waals surface area contributed by atoms with Crippen LogP contribution in [0.4, 0.5) is 5.69 Å². The smallest absolute Gasteiger partial charge is 0.270 e. The van der Waals surface area contributed by atoms with Crippen molar-refractivity contribution in [1.29, 1.82) is 0 Å². The number of hydrogen-bond acceptors (Lipinski definition) is 7. The van der Waals surface area contributed by atoms with Crippen LogP contribution in [0.2, 0.25) is 0 Å². The van der Waals surface area contributed by atoms with Gasteiger partial charge in [-0.3, -0.25) is 28.8 Å². The first-order valence-corrected chi connectivity index (χ1v) is 17.4. The zero-order chi connectivity index (χ0) is 34.8. The minimum absolute atomic E-state index is 0.0437. The summed E-state index contributed by atoms with van der Waals surface area (Å²) >= 11 is 0. The van der Waals surface area contributed by atoms with Crippen LogP contribution in [0.3, 0.4) is 0 Å². The molecule has 1 saturated heterocycles. The van der Waals surface area contributed by atoms with Gasteiger partial charge in [0.15, 0.2) is 0 Å². The maximum Gasteiger partial charge on any atom is 0.270 e. The molecule has 2 aromatic carbocycles. The van der Waals surface area contributed by atoms with Crippen molar-refractivity contribution >= 4 is 29.3 Å². The maximum absolute atomic E-state index is 13.7. The number of rotatable bonds is 13. The van der Waals surface area contributed by atoms with Crippen LogP contribution in [0.5, 0.6) is 5.75 Å². The molecular formula is C37H49N7O5. The van der Waals surface area contributed by atoms with E-state index in [4.69, 9.17) is 4.74 Å². The van der Waals surface area contributed by atoms with Crippen LogP contribution in [0.25, 0.3) is 0 Å². The van der Waals surface area contributed by atoms with Gasteiger partial charge in [0.2, 0.25) is 17.7 Å². The zero-order valence-electron chi connectivity index (χ0n) is 28.8. The molecule has 1 aliphatic carbocycles. The highest BCUT2D eigenvalue weighted by Gasteiger charge is 2.32. The van der Waals surface area contributed by atoms with E-state index in [0.29, 0.717) is 30.9 Å². The SMILES string of the molecule is CCC(=O)NC(Cc1ccc(NC(=O)C(NC(=O)c2ccnn2C)C2CCCCC2)cc1)C(=O)N1CCN(Cc2ccccc2OC)CC1. The molecule has 0 radical (unpaired) electrons. The highest BCUT2D eigenvalue weighted by atomic mass is 16.5. The second-order valence-corrected chi connectivity index (χ2v) is 13.0. The monoisotopic (exact) mass is 671 g/mol. The molecule has 49 heavy (non-hydrogen) atoms. The lowest BCUT2D eigenvalue weighted by Crippen LogP contribution is -2.55. The Hall–Kier alpha value is -4.71. The number of nitrogens with one attached hydrogen (secondary N) is 3. The lowest BCUT2D eigenvalue weighted by atomic mass is 9.83. The fourth-order valence-electron chi connectivity index (χ4n) is 6.77. The number of piperazine rings is 1. The Kier molecular flexibility index (Phi) is 12.4. The number of ether oxygens (including phenoxy) is 1. The van der Waals surface area contributed by atoms with Crippen LogP contribution < -0.4 is 20.7 Å². The summed E-state index contributed by atoms with van der Waals surface area (Å²) in [6.07, 6.45) is 7.09. The number of aryl methyl sites for hydroxylation is 1. The lowest BCUT2D eigenvalue weighted by Gasteiger charge is -2.36. The molecule has 1 saturated carbocycles. The summed E-state index contributed by atoms with van der Waals surface area (Å²) in [7, 11) is 3.37. The first-order valence-electron chi connectivity index (χ1n) is 17.4. The molecule has 3 N–H and O–H groups in total. The minimum atomic E-state index is -0.702. The fourth-order valence-corrected chi connectivity index (χ4v) is 6.77. The number of carbonyl (C=O) groups excluding carboxylic acids is 4. The Bertz CT molecular complexity index is 1580. The summed E-state index contributed by atoms with van der Waals surface area (Å²) in [6, 6.07) is 15.5. The van der Waals surface area contributed by atoms with Crippen molar-refractivity contribution in [2.75, 3.05) is 38.6 Å². The van der Waals surface area contributed by atoms with E-state index in [-0.39, 0.29) is 36.0 Å². The highest BCUT2D eigenvalue weighted by Crippen LogP contribution is 2.28. The van der Waals surface area contributed by atoms with Crippen molar-refractivity contribution in [2.24, 2.45) is 13.0 Å². The van der Waals surface area contributed by atoms with Crippen LogP contribution in [0, 0.1) is 5.92 Å². The standard InChI is InChI=1S/C37H49N7O5/c1-4-33(45)40-30(37(48)44-22-20-43(21-23-44)25-28-12-8-9-13-32(28)49-3)24-26-14-16-29(17-15-26)39-36(47)34(27-10-6-5-7-11-27)41-35(46)31-18-19-38-42(31)2/h8-9,12-19,27,30,34H,4-7,10-11,20-25H2,1-3H3,(H,39,47)(H,40,45)(H,41,46). The van der Waals surface area contributed by atoms with E-state index in [1.54, 1.807) is 45.5 Å². The summed E-state index contributed by atoms with van der Waals surface area (Å²) in [5.74, 6) is 0.0225. The second kappa shape index (κ2) is 17.1. The van der Waals surface area contributed by atoms with E-state index in [1.807, 2.05) is 35.2 Å². The van der Waals surface area contributed by atoms with Crippen LogP contribution in [0.1, 0.15) is 67.1 Å². The number of benzene rings is 2. The number of aromatic nitrogens is 2. The molecule has 12 heteroatoms. The fraction of sp³-hybridized carbons (Fsp3) is 0.486. The third-order valence-electron chi connectivity index (χ3n) is 9.63. The van der Waals surface area contributed by atoms with E-state index in [0.717, 1.165) is 68.6 Å². The van der Waals surface area contributed by atoms with Gasteiger partial charge in [0.05, 0.1) is 7.11 Å². The van der Waals surface area contributed by atoms with Crippen LogP contribution in [-0.2, 0) is 34.4 Å². The summed E-state index contributed by atoms with van der Waals surface area (Å²) < 4.78 is 7.00. The van der Waals surface area contributed by atoms with Gasteiger partial charge in [-0.1, -0.05) is 56.5 Å².